The van der Waals surface area contributed by atoms with Crippen molar-refractivity contribution in [3.05, 3.63) is 0 Å². The summed E-state index contributed by atoms with van der Waals surface area (Å²) in [6, 6.07) is 0. The van der Waals surface area contributed by atoms with Crippen LogP contribution in [0.5, 0.6) is 0 Å². The van der Waals surface area contributed by atoms with E-state index in [0.717, 1.165) is 6.54 Å². The van der Waals surface area contributed by atoms with Gasteiger partial charge in [-0.05, 0) is 25.7 Å². The van der Waals surface area contributed by atoms with Gasteiger partial charge in [-0.15, -0.1) is 0 Å². The van der Waals surface area contributed by atoms with Crippen molar-refractivity contribution in [1.29, 1.82) is 0 Å². The van der Waals surface area contributed by atoms with E-state index in [2.05, 4.69) is 44.8 Å². The van der Waals surface area contributed by atoms with Crippen LogP contribution in [-0.4, -0.2) is 36.6 Å². The highest BCUT2D eigenvalue weighted by Gasteiger charge is 2.29. The van der Waals surface area contributed by atoms with Crippen molar-refractivity contribution in [2.45, 2.75) is 65.8 Å². The fourth-order valence-electron chi connectivity index (χ4n) is 2.92. The molecule has 0 amide bonds. The Bertz CT molecular complexity index is 221. The van der Waals surface area contributed by atoms with Crippen LogP contribution in [-0.2, 0) is 0 Å². The van der Waals surface area contributed by atoms with E-state index in [1.165, 1.54) is 45.3 Å². The summed E-state index contributed by atoms with van der Waals surface area (Å²) in [5.41, 5.74) is 0.764. The molecule has 0 unspecified atom stereocenters. The predicted octanol–water partition coefficient (Wildman–Crippen LogP) is 3.28. The largest absolute Gasteiger partial charge is 0.309 e. The number of nitrogens with one attached hydrogen (secondary N) is 1. The summed E-state index contributed by atoms with van der Waals surface area (Å²) in [6.07, 6.45) is 5.47. The number of rotatable bonds is 6. The molecule has 1 heterocycles. The molecule has 0 atom stereocenters. The maximum Gasteiger partial charge on any atom is 0.0252 e. The lowest BCUT2D eigenvalue weighted by Crippen LogP contribution is -2.58. The lowest BCUT2D eigenvalue weighted by atomic mass is 9.85. The second-order valence-corrected chi connectivity index (χ2v) is 7.14. The van der Waals surface area contributed by atoms with Crippen molar-refractivity contribution in [3.8, 4) is 0 Å². The van der Waals surface area contributed by atoms with Crippen LogP contribution in [0.25, 0.3) is 0 Å². The second-order valence-electron chi connectivity index (χ2n) is 7.14. The van der Waals surface area contributed by atoms with E-state index in [1.54, 1.807) is 0 Å². The fourth-order valence-corrected chi connectivity index (χ4v) is 2.92. The molecule has 1 N–H and O–H groups in total. The van der Waals surface area contributed by atoms with Crippen molar-refractivity contribution in [1.82, 2.24) is 10.2 Å². The molecule has 0 radical (unpaired) electrons. The molecule has 1 saturated heterocycles. The zero-order chi connectivity index (χ0) is 12.9. The molecule has 1 aliphatic rings. The average molecular weight is 240 g/mol. The van der Waals surface area contributed by atoms with E-state index in [4.69, 9.17) is 0 Å². The second kappa shape index (κ2) is 6.19. The van der Waals surface area contributed by atoms with Gasteiger partial charge in [0.05, 0.1) is 0 Å². The van der Waals surface area contributed by atoms with Crippen LogP contribution in [0, 0.1) is 5.41 Å². The van der Waals surface area contributed by atoms with E-state index >= 15 is 0 Å². The van der Waals surface area contributed by atoms with Gasteiger partial charge in [-0.1, -0.05) is 40.0 Å². The van der Waals surface area contributed by atoms with E-state index in [1.807, 2.05) is 0 Å². The van der Waals surface area contributed by atoms with Crippen molar-refractivity contribution < 1.29 is 0 Å². The third-order valence-corrected chi connectivity index (χ3v) is 3.76. The molecule has 1 fully saturated rings. The topological polar surface area (TPSA) is 15.3 Å². The van der Waals surface area contributed by atoms with Crippen LogP contribution in [0.1, 0.15) is 60.3 Å². The first-order valence-corrected chi connectivity index (χ1v) is 7.32. The van der Waals surface area contributed by atoms with Gasteiger partial charge in [0, 0.05) is 31.7 Å². The molecule has 2 heteroatoms. The predicted molar refractivity (Wildman–Crippen MR) is 76.4 cm³/mol. The third kappa shape index (κ3) is 5.87. The summed E-state index contributed by atoms with van der Waals surface area (Å²) in [7, 11) is 0. The molecule has 17 heavy (non-hydrogen) atoms. The van der Waals surface area contributed by atoms with Gasteiger partial charge in [0.25, 0.3) is 0 Å². The van der Waals surface area contributed by atoms with E-state index in [9.17, 15) is 0 Å². The molecular formula is C15H32N2. The number of unbranched alkanes of at least 4 members (excludes halogenated alkanes) is 2. The van der Waals surface area contributed by atoms with E-state index < -0.39 is 0 Å². The van der Waals surface area contributed by atoms with Gasteiger partial charge in [-0.3, -0.25) is 4.90 Å². The summed E-state index contributed by atoms with van der Waals surface area (Å²) < 4.78 is 0. The Morgan fingerprint density at radius 3 is 2.53 bits per heavy atom. The first kappa shape index (κ1) is 15.0. The minimum Gasteiger partial charge on any atom is -0.309 e. The van der Waals surface area contributed by atoms with Gasteiger partial charge in [0.1, 0.15) is 0 Å². The number of piperazine rings is 1. The fraction of sp³-hybridized carbons (Fsp3) is 1.00. The van der Waals surface area contributed by atoms with Crippen molar-refractivity contribution in [2.75, 3.05) is 26.2 Å². The summed E-state index contributed by atoms with van der Waals surface area (Å²) in [5.74, 6) is 0. The Morgan fingerprint density at radius 1 is 1.24 bits per heavy atom. The number of hydrogen-bond donors (Lipinski definition) is 1. The summed E-state index contributed by atoms with van der Waals surface area (Å²) in [6.45, 7) is 16.5. The molecule has 102 valence electrons. The van der Waals surface area contributed by atoms with Gasteiger partial charge >= 0.3 is 0 Å². The Balaban J connectivity index is 2.35. The maximum atomic E-state index is 3.58. The molecule has 0 spiro atoms. The van der Waals surface area contributed by atoms with Gasteiger partial charge < -0.3 is 5.32 Å². The van der Waals surface area contributed by atoms with Crippen LogP contribution in [0.2, 0.25) is 0 Å². The molecule has 1 rings (SSSR count). The average Bonchev–Trinajstić information content (AvgIpc) is 2.15. The normalized spacial score (nSPS) is 21.7. The zero-order valence-corrected chi connectivity index (χ0v) is 12.6. The lowest BCUT2D eigenvalue weighted by Gasteiger charge is -2.42. The summed E-state index contributed by atoms with van der Waals surface area (Å²) in [4.78, 5) is 2.64. The Morgan fingerprint density at radius 2 is 1.94 bits per heavy atom. The Kier molecular flexibility index (Phi) is 5.46. The quantitative estimate of drug-likeness (QED) is 0.717. The summed E-state index contributed by atoms with van der Waals surface area (Å²) >= 11 is 0. The first-order valence-electron chi connectivity index (χ1n) is 7.32. The van der Waals surface area contributed by atoms with Crippen LogP contribution < -0.4 is 5.32 Å². The third-order valence-electron chi connectivity index (χ3n) is 3.76. The molecule has 0 aliphatic carbocycles. The Hall–Kier alpha value is -0.0800. The van der Waals surface area contributed by atoms with Crippen molar-refractivity contribution in [3.63, 3.8) is 0 Å². The molecule has 1 aliphatic heterocycles. The smallest absolute Gasteiger partial charge is 0.0252 e. The van der Waals surface area contributed by atoms with Crippen LogP contribution in [0.15, 0.2) is 0 Å². The SMILES string of the molecule is CCCCCC(C)(C)CN1CCNC(C)(C)C1. The summed E-state index contributed by atoms with van der Waals surface area (Å²) in [5, 5.41) is 3.58. The highest BCUT2D eigenvalue weighted by molar-refractivity contribution is 4.88. The van der Waals surface area contributed by atoms with Crippen LogP contribution >= 0.6 is 0 Å². The minimum absolute atomic E-state index is 0.289. The van der Waals surface area contributed by atoms with Gasteiger partial charge in [-0.2, -0.15) is 0 Å². The standard InChI is InChI=1S/C15H32N2/c1-6-7-8-9-14(2,3)12-17-11-10-16-15(4,5)13-17/h16H,6-13H2,1-5H3. The highest BCUT2D eigenvalue weighted by atomic mass is 15.2. The molecule has 0 saturated carbocycles. The lowest BCUT2D eigenvalue weighted by molar-refractivity contribution is 0.103. The Labute approximate surface area is 108 Å². The first-order chi connectivity index (χ1) is 7.85. The maximum absolute atomic E-state index is 3.58. The van der Waals surface area contributed by atoms with Crippen molar-refractivity contribution >= 4 is 0 Å². The molecular weight excluding hydrogens is 208 g/mol. The molecule has 2 nitrogen and oxygen atoms in total. The van der Waals surface area contributed by atoms with Crippen LogP contribution in [0.3, 0.4) is 0 Å². The molecule has 0 aromatic carbocycles. The number of hydrogen-bond acceptors (Lipinski definition) is 2. The molecule has 0 bridgehead atoms. The zero-order valence-electron chi connectivity index (χ0n) is 12.6. The molecule has 0 aromatic rings. The van der Waals surface area contributed by atoms with Crippen LogP contribution in [0.4, 0.5) is 0 Å². The monoisotopic (exact) mass is 240 g/mol. The van der Waals surface area contributed by atoms with Gasteiger partial charge in [-0.25, -0.2) is 0 Å². The van der Waals surface area contributed by atoms with Gasteiger partial charge in [0.15, 0.2) is 0 Å². The van der Waals surface area contributed by atoms with Crippen molar-refractivity contribution in [2.24, 2.45) is 5.41 Å². The molecule has 0 aromatic heterocycles. The number of nitrogens with zero attached hydrogens (tertiary/aromatic N) is 1. The van der Waals surface area contributed by atoms with Gasteiger partial charge in [0.2, 0.25) is 0 Å². The highest BCUT2D eigenvalue weighted by Crippen LogP contribution is 2.26. The van der Waals surface area contributed by atoms with E-state index in [0.29, 0.717) is 5.41 Å². The van der Waals surface area contributed by atoms with E-state index in [-0.39, 0.29) is 5.54 Å². The minimum atomic E-state index is 0.289.